The van der Waals surface area contributed by atoms with E-state index in [0.717, 1.165) is 18.8 Å². The molecule has 18 heavy (non-hydrogen) atoms. The lowest BCUT2D eigenvalue weighted by Crippen LogP contribution is -2.25. The molecule has 1 aromatic rings. The lowest BCUT2D eigenvalue weighted by Gasteiger charge is -2.25. The van der Waals surface area contributed by atoms with Gasteiger partial charge in [0, 0.05) is 6.04 Å². The maximum Gasteiger partial charge on any atom is 0.120 e. The molecule has 0 spiro atoms. The van der Waals surface area contributed by atoms with Crippen LogP contribution in [0.1, 0.15) is 31.9 Å². The molecule has 1 heterocycles. The second kappa shape index (κ2) is 5.72. The minimum absolute atomic E-state index is 0.215. The molecule has 1 fully saturated rings. The van der Waals surface area contributed by atoms with Gasteiger partial charge in [-0.1, -0.05) is 12.1 Å². The summed E-state index contributed by atoms with van der Waals surface area (Å²) in [6.45, 7) is 5.99. The number of hydrogen-bond donors (Lipinski definition) is 1. The van der Waals surface area contributed by atoms with Crippen LogP contribution >= 0.6 is 0 Å². The Morgan fingerprint density at radius 2 is 2.22 bits per heavy atom. The minimum atomic E-state index is 0.215. The number of hydrogen-bond acceptors (Lipinski definition) is 3. The van der Waals surface area contributed by atoms with Gasteiger partial charge < -0.3 is 10.5 Å². The highest BCUT2D eigenvalue weighted by Crippen LogP contribution is 2.36. The Morgan fingerprint density at radius 3 is 2.89 bits per heavy atom. The fourth-order valence-electron chi connectivity index (χ4n) is 2.84. The van der Waals surface area contributed by atoms with Crippen molar-refractivity contribution in [1.82, 2.24) is 4.90 Å². The number of benzene rings is 1. The van der Waals surface area contributed by atoms with Crippen LogP contribution in [0.15, 0.2) is 24.3 Å². The quantitative estimate of drug-likeness (QED) is 0.889. The third kappa shape index (κ3) is 2.85. The van der Waals surface area contributed by atoms with E-state index >= 15 is 0 Å². The number of rotatable bonds is 4. The standard InChI is InChI=1S/C15H24N2O/c1-11(2)18-14-6-4-5-12(9-14)15-13(10-16)7-8-17(15)3/h4-6,9,11,13,15H,7-8,10,16H2,1-3H3. The molecule has 2 atom stereocenters. The molecular weight excluding hydrogens is 224 g/mol. The summed E-state index contributed by atoms with van der Waals surface area (Å²) >= 11 is 0. The van der Waals surface area contributed by atoms with Crippen molar-refractivity contribution in [1.29, 1.82) is 0 Å². The molecule has 3 nitrogen and oxygen atoms in total. The van der Waals surface area contributed by atoms with Gasteiger partial charge in [-0.15, -0.1) is 0 Å². The summed E-state index contributed by atoms with van der Waals surface area (Å²) in [4.78, 5) is 2.39. The molecule has 0 amide bonds. The molecule has 3 heteroatoms. The minimum Gasteiger partial charge on any atom is -0.491 e. The van der Waals surface area contributed by atoms with Crippen LogP contribution in [-0.2, 0) is 0 Å². The maximum absolute atomic E-state index is 5.88. The average molecular weight is 248 g/mol. The predicted molar refractivity (Wildman–Crippen MR) is 74.7 cm³/mol. The Balaban J connectivity index is 2.21. The largest absolute Gasteiger partial charge is 0.491 e. The highest BCUT2D eigenvalue weighted by Gasteiger charge is 2.31. The molecule has 1 aliphatic rings. The summed E-state index contributed by atoms with van der Waals surface area (Å²) in [6.07, 6.45) is 1.40. The van der Waals surface area contributed by atoms with Crippen molar-refractivity contribution < 1.29 is 4.74 Å². The van der Waals surface area contributed by atoms with Crippen molar-refractivity contribution in [2.45, 2.75) is 32.4 Å². The fraction of sp³-hybridized carbons (Fsp3) is 0.600. The van der Waals surface area contributed by atoms with Gasteiger partial charge in [-0.25, -0.2) is 0 Å². The zero-order valence-corrected chi connectivity index (χ0v) is 11.6. The second-order valence-corrected chi connectivity index (χ2v) is 5.45. The maximum atomic E-state index is 5.88. The molecule has 0 bridgehead atoms. The smallest absolute Gasteiger partial charge is 0.120 e. The third-order valence-electron chi connectivity index (χ3n) is 3.65. The van der Waals surface area contributed by atoms with E-state index < -0.39 is 0 Å². The Labute approximate surface area is 110 Å². The van der Waals surface area contributed by atoms with Crippen molar-refractivity contribution in [3.05, 3.63) is 29.8 Å². The van der Waals surface area contributed by atoms with Gasteiger partial charge in [0.25, 0.3) is 0 Å². The summed E-state index contributed by atoms with van der Waals surface area (Å²) < 4.78 is 5.77. The molecule has 1 aromatic carbocycles. The van der Waals surface area contributed by atoms with E-state index in [2.05, 4.69) is 44.0 Å². The number of nitrogens with zero attached hydrogens (tertiary/aromatic N) is 1. The molecule has 2 rings (SSSR count). The van der Waals surface area contributed by atoms with E-state index in [1.54, 1.807) is 0 Å². The van der Waals surface area contributed by atoms with Crippen molar-refractivity contribution in [2.75, 3.05) is 20.1 Å². The summed E-state index contributed by atoms with van der Waals surface area (Å²) in [5, 5.41) is 0. The van der Waals surface area contributed by atoms with Crippen molar-refractivity contribution in [3.63, 3.8) is 0 Å². The second-order valence-electron chi connectivity index (χ2n) is 5.45. The van der Waals surface area contributed by atoms with E-state index in [0.29, 0.717) is 12.0 Å². The van der Waals surface area contributed by atoms with Crippen LogP contribution in [0, 0.1) is 5.92 Å². The van der Waals surface area contributed by atoms with E-state index in [4.69, 9.17) is 10.5 Å². The van der Waals surface area contributed by atoms with Crippen molar-refractivity contribution in [3.8, 4) is 5.75 Å². The highest BCUT2D eigenvalue weighted by atomic mass is 16.5. The first-order chi connectivity index (χ1) is 8.61. The van der Waals surface area contributed by atoms with Crippen LogP contribution in [0.25, 0.3) is 0 Å². The first-order valence-electron chi connectivity index (χ1n) is 6.78. The normalized spacial score (nSPS) is 24.7. The topological polar surface area (TPSA) is 38.5 Å². The van der Waals surface area contributed by atoms with E-state index in [9.17, 15) is 0 Å². The monoisotopic (exact) mass is 248 g/mol. The van der Waals surface area contributed by atoms with Crippen LogP contribution in [0.5, 0.6) is 5.75 Å². The molecule has 0 saturated carbocycles. The van der Waals surface area contributed by atoms with E-state index in [1.165, 1.54) is 12.0 Å². The summed E-state index contributed by atoms with van der Waals surface area (Å²) in [5.74, 6) is 1.52. The van der Waals surface area contributed by atoms with Gasteiger partial charge in [-0.3, -0.25) is 4.90 Å². The van der Waals surface area contributed by atoms with Gasteiger partial charge in [0.15, 0.2) is 0 Å². The summed E-state index contributed by atoms with van der Waals surface area (Å²) in [7, 11) is 2.18. The highest BCUT2D eigenvalue weighted by molar-refractivity contribution is 5.31. The molecule has 2 N–H and O–H groups in total. The molecule has 0 aromatic heterocycles. The Bertz CT molecular complexity index is 392. The molecule has 0 aliphatic carbocycles. The average Bonchev–Trinajstić information content (AvgIpc) is 2.70. The van der Waals surface area contributed by atoms with Gasteiger partial charge in [0.2, 0.25) is 0 Å². The van der Waals surface area contributed by atoms with Crippen LogP contribution in [-0.4, -0.2) is 31.1 Å². The summed E-state index contributed by atoms with van der Waals surface area (Å²) in [5.41, 5.74) is 7.21. The third-order valence-corrected chi connectivity index (χ3v) is 3.65. The lowest BCUT2D eigenvalue weighted by atomic mass is 9.94. The molecule has 1 aliphatic heterocycles. The molecule has 0 radical (unpaired) electrons. The molecular formula is C15H24N2O. The van der Waals surface area contributed by atoms with Crippen molar-refractivity contribution >= 4 is 0 Å². The van der Waals surface area contributed by atoms with Crippen molar-refractivity contribution in [2.24, 2.45) is 11.7 Å². The van der Waals surface area contributed by atoms with Gasteiger partial charge >= 0.3 is 0 Å². The molecule has 2 unspecified atom stereocenters. The number of likely N-dealkylation sites (tertiary alicyclic amines) is 1. The Morgan fingerprint density at radius 1 is 1.44 bits per heavy atom. The lowest BCUT2D eigenvalue weighted by molar-refractivity contribution is 0.240. The van der Waals surface area contributed by atoms with Gasteiger partial charge in [-0.2, -0.15) is 0 Å². The van der Waals surface area contributed by atoms with Gasteiger partial charge in [-0.05, 0) is 64.0 Å². The molecule has 1 saturated heterocycles. The van der Waals surface area contributed by atoms with E-state index in [1.807, 2.05) is 6.07 Å². The number of ether oxygens (including phenoxy) is 1. The van der Waals surface area contributed by atoms with Crippen LogP contribution < -0.4 is 10.5 Å². The fourth-order valence-corrected chi connectivity index (χ4v) is 2.84. The zero-order chi connectivity index (χ0) is 13.1. The SMILES string of the molecule is CC(C)Oc1cccc(C2C(CN)CCN2C)c1. The number of nitrogens with two attached hydrogens (primary N) is 1. The first kappa shape index (κ1) is 13.4. The van der Waals surface area contributed by atoms with Gasteiger partial charge in [0.05, 0.1) is 6.10 Å². The Hall–Kier alpha value is -1.06. The molecule has 100 valence electrons. The predicted octanol–water partition coefficient (Wildman–Crippen LogP) is 2.43. The van der Waals surface area contributed by atoms with Gasteiger partial charge in [0.1, 0.15) is 5.75 Å². The van der Waals surface area contributed by atoms with Crippen LogP contribution in [0.4, 0.5) is 0 Å². The van der Waals surface area contributed by atoms with E-state index in [-0.39, 0.29) is 6.10 Å². The summed E-state index contributed by atoms with van der Waals surface area (Å²) in [6, 6.07) is 8.88. The van der Waals surface area contributed by atoms with Crippen LogP contribution in [0.2, 0.25) is 0 Å². The van der Waals surface area contributed by atoms with Crippen LogP contribution in [0.3, 0.4) is 0 Å². The zero-order valence-electron chi connectivity index (χ0n) is 11.6. The Kier molecular flexibility index (Phi) is 4.25. The first-order valence-corrected chi connectivity index (χ1v) is 6.78.